The molecule has 45 heavy (non-hydrogen) atoms. The third-order valence-electron chi connectivity index (χ3n) is 7.77. The van der Waals surface area contributed by atoms with Gasteiger partial charge >= 0.3 is 0 Å². The molecule has 0 bridgehead atoms. The molecular formula is C37H43N3O4S. The van der Waals surface area contributed by atoms with Crippen LogP contribution in [-0.4, -0.2) is 44.3 Å². The number of hydrogen-bond donors (Lipinski definition) is 1. The largest absolute Gasteiger partial charge is 0.354 e. The second-order valence-corrected chi connectivity index (χ2v) is 13.3. The van der Waals surface area contributed by atoms with Gasteiger partial charge in [0.25, 0.3) is 10.0 Å². The number of aryl methyl sites for hydroxylation is 3. The quantitative estimate of drug-likeness (QED) is 0.165. The van der Waals surface area contributed by atoms with E-state index >= 15 is 0 Å². The van der Waals surface area contributed by atoms with Crippen molar-refractivity contribution in [2.45, 2.75) is 64.4 Å². The Morgan fingerprint density at radius 3 is 2.07 bits per heavy atom. The van der Waals surface area contributed by atoms with Gasteiger partial charge in [-0.05, 0) is 62.1 Å². The van der Waals surface area contributed by atoms with Gasteiger partial charge in [0, 0.05) is 19.5 Å². The van der Waals surface area contributed by atoms with E-state index in [0.717, 1.165) is 40.7 Å². The molecule has 0 aliphatic rings. The molecule has 1 N–H and O–H groups in total. The molecule has 0 saturated carbocycles. The van der Waals surface area contributed by atoms with Gasteiger partial charge in [-0.3, -0.25) is 13.9 Å². The Labute approximate surface area is 268 Å². The minimum Gasteiger partial charge on any atom is -0.354 e. The van der Waals surface area contributed by atoms with Crippen LogP contribution in [0.2, 0.25) is 0 Å². The molecule has 4 rings (SSSR count). The number of rotatable bonds is 14. The number of benzene rings is 4. The number of carbonyl (C=O) groups excluding carboxylic acids is 2. The standard InChI is InChI=1S/C37H43N3O4S/c1-5-6-22-38-37(42)35(25-31-15-9-7-10-16-31)39(26-32-17-13-14-28(2)24-32)36(41)27-40(34-21-20-29(3)23-30(34)4)45(43,44)33-18-11-8-12-19-33/h7-21,23-24,35H,5-6,22,25-27H2,1-4H3,(H,38,42)/t35-/m1/s1. The molecule has 4 aromatic carbocycles. The second-order valence-electron chi connectivity index (χ2n) is 11.5. The number of nitrogens with zero attached hydrogens (tertiary/aromatic N) is 2. The van der Waals surface area contributed by atoms with Crippen LogP contribution in [-0.2, 0) is 32.6 Å². The Kier molecular flexibility index (Phi) is 11.5. The SMILES string of the molecule is CCCCNC(=O)[C@@H](Cc1ccccc1)N(Cc1cccc(C)c1)C(=O)CN(c1ccc(C)cc1C)S(=O)(=O)c1ccccc1. The van der Waals surface area contributed by atoms with Gasteiger partial charge in [0.2, 0.25) is 11.8 Å². The van der Waals surface area contributed by atoms with Crippen LogP contribution in [0.5, 0.6) is 0 Å². The summed E-state index contributed by atoms with van der Waals surface area (Å²) in [6.07, 6.45) is 2.01. The van der Waals surface area contributed by atoms with E-state index in [1.807, 2.05) is 87.5 Å². The summed E-state index contributed by atoms with van der Waals surface area (Å²) in [5.41, 5.74) is 4.90. The van der Waals surface area contributed by atoms with Gasteiger partial charge in [0.1, 0.15) is 12.6 Å². The number of nitrogens with one attached hydrogen (secondary N) is 1. The van der Waals surface area contributed by atoms with Crippen LogP contribution in [0.4, 0.5) is 5.69 Å². The number of hydrogen-bond acceptors (Lipinski definition) is 4. The molecule has 4 aromatic rings. The van der Waals surface area contributed by atoms with Gasteiger partial charge in [0.15, 0.2) is 0 Å². The first-order valence-electron chi connectivity index (χ1n) is 15.4. The van der Waals surface area contributed by atoms with E-state index in [2.05, 4.69) is 12.2 Å². The summed E-state index contributed by atoms with van der Waals surface area (Å²) in [4.78, 5) is 30.1. The van der Waals surface area contributed by atoms with Crippen molar-refractivity contribution in [3.63, 3.8) is 0 Å². The van der Waals surface area contributed by atoms with E-state index in [1.165, 1.54) is 16.4 Å². The summed E-state index contributed by atoms with van der Waals surface area (Å²) >= 11 is 0. The van der Waals surface area contributed by atoms with Crippen LogP contribution >= 0.6 is 0 Å². The Morgan fingerprint density at radius 2 is 1.42 bits per heavy atom. The van der Waals surface area contributed by atoms with E-state index in [0.29, 0.717) is 12.2 Å². The summed E-state index contributed by atoms with van der Waals surface area (Å²) in [5.74, 6) is -0.736. The van der Waals surface area contributed by atoms with Crippen molar-refractivity contribution in [1.82, 2.24) is 10.2 Å². The van der Waals surface area contributed by atoms with Crippen molar-refractivity contribution in [2.75, 3.05) is 17.4 Å². The molecule has 0 aromatic heterocycles. The number of amides is 2. The number of unbranched alkanes of at least 4 members (excludes halogenated alkanes) is 1. The highest BCUT2D eigenvalue weighted by atomic mass is 32.2. The normalized spacial score (nSPS) is 11.9. The predicted molar refractivity (Wildman–Crippen MR) is 180 cm³/mol. The molecule has 1 atom stereocenters. The summed E-state index contributed by atoms with van der Waals surface area (Å²) in [5, 5.41) is 3.03. The van der Waals surface area contributed by atoms with E-state index in [1.54, 1.807) is 29.2 Å². The molecule has 236 valence electrons. The lowest BCUT2D eigenvalue weighted by Crippen LogP contribution is -2.53. The molecule has 0 aliphatic carbocycles. The van der Waals surface area contributed by atoms with Crippen LogP contribution in [0.3, 0.4) is 0 Å². The minimum atomic E-state index is -4.13. The Bertz CT molecular complexity index is 1690. The predicted octanol–water partition coefficient (Wildman–Crippen LogP) is 6.36. The molecule has 0 unspecified atom stereocenters. The van der Waals surface area contributed by atoms with Crippen LogP contribution in [0, 0.1) is 20.8 Å². The molecule has 0 saturated heterocycles. The van der Waals surface area contributed by atoms with Gasteiger partial charge in [-0.25, -0.2) is 8.42 Å². The van der Waals surface area contributed by atoms with Crippen molar-refractivity contribution >= 4 is 27.5 Å². The first-order chi connectivity index (χ1) is 21.6. The summed E-state index contributed by atoms with van der Waals surface area (Å²) in [7, 11) is -4.13. The van der Waals surface area contributed by atoms with Crippen LogP contribution in [0.25, 0.3) is 0 Å². The summed E-state index contributed by atoms with van der Waals surface area (Å²) < 4.78 is 29.5. The molecule has 0 aliphatic heterocycles. The molecule has 7 nitrogen and oxygen atoms in total. The first kappa shape index (κ1) is 33.5. The van der Waals surface area contributed by atoms with E-state index < -0.39 is 28.5 Å². The monoisotopic (exact) mass is 625 g/mol. The van der Waals surface area contributed by atoms with Crippen molar-refractivity contribution in [1.29, 1.82) is 0 Å². The number of anilines is 1. The van der Waals surface area contributed by atoms with Crippen molar-refractivity contribution in [3.8, 4) is 0 Å². The third kappa shape index (κ3) is 8.82. The smallest absolute Gasteiger partial charge is 0.264 e. The summed E-state index contributed by atoms with van der Waals surface area (Å²) in [6.45, 7) is 7.96. The Balaban J connectivity index is 1.81. The maximum Gasteiger partial charge on any atom is 0.264 e. The fourth-order valence-corrected chi connectivity index (χ4v) is 6.89. The van der Waals surface area contributed by atoms with Gasteiger partial charge < -0.3 is 10.2 Å². The fraction of sp³-hybridized carbons (Fsp3) is 0.297. The lowest BCUT2D eigenvalue weighted by molar-refractivity contribution is -0.140. The zero-order valence-corrected chi connectivity index (χ0v) is 27.4. The van der Waals surface area contributed by atoms with E-state index in [-0.39, 0.29) is 23.8 Å². The molecule has 0 spiro atoms. The average molecular weight is 626 g/mol. The highest BCUT2D eigenvalue weighted by Crippen LogP contribution is 2.28. The zero-order valence-electron chi connectivity index (χ0n) is 26.6. The maximum absolute atomic E-state index is 14.6. The molecule has 0 heterocycles. The van der Waals surface area contributed by atoms with E-state index in [4.69, 9.17) is 0 Å². The van der Waals surface area contributed by atoms with Crippen LogP contribution < -0.4 is 9.62 Å². The fourth-order valence-electron chi connectivity index (χ4n) is 5.39. The van der Waals surface area contributed by atoms with Gasteiger partial charge in [-0.2, -0.15) is 0 Å². The Hall–Kier alpha value is -4.43. The Morgan fingerprint density at radius 1 is 0.778 bits per heavy atom. The van der Waals surface area contributed by atoms with E-state index in [9.17, 15) is 18.0 Å². The third-order valence-corrected chi connectivity index (χ3v) is 9.54. The molecule has 0 fully saturated rings. The highest BCUT2D eigenvalue weighted by molar-refractivity contribution is 7.92. The van der Waals surface area contributed by atoms with Gasteiger partial charge in [0.05, 0.1) is 10.6 Å². The maximum atomic E-state index is 14.6. The van der Waals surface area contributed by atoms with Crippen molar-refractivity contribution < 1.29 is 18.0 Å². The molecule has 2 amide bonds. The second kappa shape index (κ2) is 15.5. The van der Waals surface area contributed by atoms with Crippen LogP contribution in [0.15, 0.2) is 108 Å². The molecule has 0 radical (unpaired) electrons. The minimum absolute atomic E-state index is 0.0844. The molecule has 8 heteroatoms. The lowest BCUT2D eigenvalue weighted by atomic mass is 10.0. The highest BCUT2D eigenvalue weighted by Gasteiger charge is 2.35. The average Bonchev–Trinajstić information content (AvgIpc) is 3.03. The number of sulfonamides is 1. The van der Waals surface area contributed by atoms with Crippen molar-refractivity contribution in [3.05, 3.63) is 131 Å². The van der Waals surface area contributed by atoms with Crippen LogP contribution in [0.1, 0.15) is 47.6 Å². The van der Waals surface area contributed by atoms with Crippen molar-refractivity contribution in [2.24, 2.45) is 0 Å². The number of carbonyl (C=O) groups is 2. The molecular weight excluding hydrogens is 582 g/mol. The van der Waals surface area contributed by atoms with Gasteiger partial charge in [-0.1, -0.05) is 109 Å². The first-order valence-corrected chi connectivity index (χ1v) is 16.9. The van der Waals surface area contributed by atoms with Gasteiger partial charge in [-0.15, -0.1) is 0 Å². The zero-order chi connectivity index (χ0) is 32.4. The summed E-state index contributed by atoms with van der Waals surface area (Å²) in [6, 6.07) is 30.1. The lowest BCUT2D eigenvalue weighted by Gasteiger charge is -2.34. The topological polar surface area (TPSA) is 86.8 Å².